The molecule has 0 aromatic heterocycles. The lowest BCUT2D eigenvalue weighted by molar-refractivity contribution is -0.111. The van der Waals surface area contributed by atoms with Gasteiger partial charge in [0, 0.05) is 28.5 Å². The Morgan fingerprint density at radius 1 is 0.800 bits per heavy atom. The molecule has 6 heteroatoms. The summed E-state index contributed by atoms with van der Waals surface area (Å²) in [4.78, 5) is 25.5. The Kier molecular flexibility index (Phi) is 7.97. The summed E-state index contributed by atoms with van der Waals surface area (Å²) in [6.45, 7) is 6.39. The zero-order valence-corrected chi connectivity index (χ0v) is 21.0. The number of ketones is 1. The zero-order chi connectivity index (χ0) is 25.6. The van der Waals surface area contributed by atoms with Crippen molar-refractivity contribution < 1.29 is 23.8 Å². The molecule has 0 saturated carbocycles. The molecule has 35 heavy (non-hydrogen) atoms. The van der Waals surface area contributed by atoms with Crippen LogP contribution in [-0.4, -0.2) is 33.0 Å². The van der Waals surface area contributed by atoms with E-state index in [1.807, 2.05) is 24.3 Å². The number of anilines is 1. The van der Waals surface area contributed by atoms with Gasteiger partial charge >= 0.3 is 0 Å². The van der Waals surface area contributed by atoms with E-state index in [0.29, 0.717) is 39.6 Å². The maximum absolute atomic E-state index is 13.0. The molecule has 0 aliphatic rings. The molecule has 0 aliphatic carbocycles. The average molecular weight is 474 g/mol. The third kappa shape index (κ3) is 6.09. The molecule has 0 fully saturated rings. The van der Waals surface area contributed by atoms with Crippen molar-refractivity contribution in [1.29, 1.82) is 0 Å². The molecule has 182 valence electrons. The van der Waals surface area contributed by atoms with Crippen LogP contribution in [0.3, 0.4) is 0 Å². The number of hydrogen-bond acceptors (Lipinski definition) is 5. The molecule has 3 aromatic carbocycles. The number of rotatable bonds is 8. The third-order valence-electron chi connectivity index (χ3n) is 5.55. The van der Waals surface area contributed by atoms with Crippen LogP contribution in [0.25, 0.3) is 6.08 Å². The van der Waals surface area contributed by atoms with Gasteiger partial charge in [-0.2, -0.15) is 0 Å². The summed E-state index contributed by atoms with van der Waals surface area (Å²) in [5.41, 5.74) is 3.45. The number of carbonyl (C=O) groups excluding carboxylic acids is 2. The number of amides is 1. The van der Waals surface area contributed by atoms with E-state index in [2.05, 4.69) is 26.1 Å². The van der Waals surface area contributed by atoms with Gasteiger partial charge in [-0.25, -0.2) is 0 Å². The van der Waals surface area contributed by atoms with Crippen LogP contribution in [0.5, 0.6) is 17.2 Å². The lowest BCUT2D eigenvalue weighted by Gasteiger charge is -2.19. The molecule has 0 bridgehead atoms. The number of nitrogens with one attached hydrogen (secondary N) is 1. The molecule has 3 rings (SSSR count). The Morgan fingerprint density at radius 3 is 2.09 bits per heavy atom. The smallest absolute Gasteiger partial charge is 0.248 e. The molecule has 0 radical (unpaired) electrons. The highest BCUT2D eigenvalue weighted by Crippen LogP contribution is 2.40. The number of carbonyl (C=O) groups is 2. The molecule has 0 heterocycles. The highest BCUT2D eigenvalue weighted by molar-refractivity contribution is 6.10. The van der Waals surface area contributed by atoms with Crippen molar-refractivity contribution in [2.24, 2.45) is 0 Å². The minimum absolute atomic E-state index is 0.0141. The van der Waals surface area contributed by atoms with Gasteiger partial charge in [-0.1, -0.05) is 57.2 Å². The fourth-order valence-electron chi connectivity index (χ4n) is 3.63. The first kappa shape index (κ1) is 25.6. The van der Waals surface area contributed by atoms with Crippen molar-refractivity contribution in [3.63, 3.8) is 0 Å². The standard InChI is InChI=1S/C29H31NO5/c1-29(2,3)22-14-10-19(11-15-22)26(32)21-8-7-9-23(18-21)30-25(31)17-13-20-12-16-24(33-4)28(35-6)27(20)34-5/h7-18H,1-6H3,(H,30,31)/b17-13+. The molecular formula is C29H31NO5. The summed E-state index contributed by atoms with van der Waals surface area (Å²) in [5, 5.41) is 2.80. The lowest BCUT2D eigenvalue weighted by Crippen LogP contribution is -2.11. The first-order valence-corrected chi connectivity index (χ1v) is 11.2. The number of ether oxygens (including phenoxy) is 3. The van der Waals surface area contributed by atoms with Gasteiger partial charge in [0.05, 0.1) is 21.3 Å². The quantitative estimate of drug-likeness (QED) is 0.326. The van der Waals surface area contributed by atoms with Crippen molar-refractivity contribution >= 4 is 23.5 Å². The minimum Gasteiger partial charge on any atom is -0.493 e. The number of hydrogen-bond donors (Lipinski definition) is 1. The Bertz CT molecular complexity index is 1240. The Hall–Kier alpha value is -4.06. The highest BCUT2D eigenvalue weighted by atomic mass is 16.5. The van der Waals surface area contributed by atoms with E-state index in [1.54, 1.807) is 49.6 Å². The van der Waals surface area contributed by atoms with Crippen LogP contribution in [-0.2, 0) is 10.2 Å². The summed E-state index contributed by atoms with van der Waals surface area (Å²) in [6, 6.07) is 18.0. The van der Waals surface area contributed by atoms with E-state index in [4.69, 9.17) is 14.2 Å². The van der Waals surface area contributed by atoms with E-state index in [1.165, 1.54) is 20.3 Å². The van der Waals surface area contributed by atoms with Gasteiger partial charge in [-0.15, -0.1) is 0 Å². The molecule has 0 atom stereocenters. The number of methoxy groups -OCH3 is 3. The van der Waals surface area contributed by atoms with Crippen LogP contribution in [0.2, 0.25) is 0 Å². The van der Waals surface area contributed by atoms with E-state index in [9.17, 15) is 9.59 Å². The van der Waals surface area contributed by atoms with Crippen molar-refractivity contribution in [3.05, 3.63) is 89.0 Å². The molecule has 0 spiro atoms. The Labute approximate surface area is 206 Å². The summed E-state index contributed by atoms with van der Waals surface area (Å²) in [7, 11) is 4.59. The largest absolute Gasteiger partial charge is 0.493 e. The van der Waals surface area contributed by atoms with Gasteiger partial charge in [-0.05, 0) is 41.3 Å². The van der Waals surface area contributed by atoms with Crippen molar-refractivity contribution in [2.45, 2.75) is 26.2 Å². The van der Waals surface area contributed by atoms with Gasteiger partial charge in [0.1, 0.15) is 0 Å². The summed E-state index contributed by atoms with van der Waals surface area (Å²) in [6.07, 6.45) is 3.02. The van der Waals surface area contributed by atoms with Gasteiger partial charge in [-0.3, -0.25) is 9.59 Å². The van der Waals surface area contributed by atoms with Crippen LogP contribution in [0, 0.1) is 0 Å². The van der Waals surface area contributed by atoms with Gasteiger partial charge in [0.2, 0.25) is 11.7 Å². The molecule has 1 N–H and O–H groups in total. The van der Waals surface area contributed by atoms with Crippen LogP contribution in [0.15, 0.2) is 66.7 Å². The fourth-order valence-corrected chi connectivity index (χ4v) is 3.63. The highest BCUT2D eigenvalue weighted by Gasteiger charge is 2.16. The summed E-state index contributed by atoms with van der Waals surface area (Å²) >= 11 is 0. The topological polar surface area (TPSA) is 73.9 Å². The van der Waals surface area contributed by atoms with Crippen LogP contribution in [0.4, 0.5) is 5.69 Å². The van der Waals surface area contributed by atoms with Crippen LogP contribution in [0.1, 0.15) is 47.8 Å². The molecule has 0 saturated heterocycles. The van der Waals surface area contributed by atoms with Crippen molar-refractivity contribution in [1.82, 2.24) is 0 Å². The summed E-state index contributed by atoms with van der Waals surface area (Å²) in [5.74, 6) is 0.980. The zero-order valence-electron chi connectivity index (χ0n) is 21.0. The van der Waals surface area contributed by atoms with Crippen LogP contribution < -0.4 is 19.5 Å². The second kappa shape index (κ2) is 10.9. The van der Waals surface area contributed by atoms with Crippen molar-refractivity contribution in [3.8, 4) is 17.2 Å². The Morgan fingerprint density at radius 2 is 1.49 bits per heavy atom. The SMILES string of the molecule is COc1ccc(/C=C/C(=O)Nc2cccc(C(=O)c3ccc(C(C)(C)C)cc3)c2)c(OC)c1OC. The first-order chi connectivity index (χ1) is 16.7. The van der Waals surface area contributed by atoms with E-state index in [0.717, 1.165) is 5.56 Å². The molecule has 6 nitrogen and oxygen atoms in total. The van der Waals surface area contributed by atoms with E-state index in [-0.39, 0.29) is 17.1 Å². The maximum Gasteiger partial charge on any atom is 0.248 e. The molecule has 0 aliphatic heterocycles. The summed E-state index contributed by atoms with van der Waals surface area (Å²) < 4.78 is 16.1. The first-order valence-electron chi connectivity index (χ1n) is 11.2. The molecule has 3 aromatic rings. The maximum atomic E-state index is 13.0. The molecular weight excluding hydrogens is 442 g/mol. The predicted molar refractivity (Wildman–Crippen MR) is 139 cm³/mol. The fraction of sp³-hybridized carbons (Fsp3) is 0.241. The minimum atomic E-state index is -0.346. The number of benzene rings is 3. The van der Waals surface area contributed by atoms with Gasteiger partial charge in [0.25, 0.3) is 0 Å². The van der Waals surface area contributed by atoms with Crippen molar-refractivity contribution in [2.75, 3.05) is 26.6 Å². The second-order valence-corrected chi connectivity index (χ2v) is 8.98. The lowest BCUT2D eigenvalue weighted by atomic mass is 9.86. The van der Waals surface area contributed by atoms with Gasteiger partial charge < -0.3 is 19.5 Å². The Balaban J connectivity index is 1.75. The average Bonchev–Trinajstić information content (AvgIpc) is 2.85. The van der Waals surface area contributed by atoms with E-state index >= 15 is 0 Å². The monoisotopic (exact) mass is 473 g/mol. The second-order valence-electron chi connectivity index (χ2n) is 8.98. The molecule has 0 unspecified atom stereocenters. The predicted octanol–water partition coefficient (Wildman–Crippen LogP) is 5.89. The normalized spacial score (nSPS) is 11.3. The third-order valence-corrected chi connectivity index (χ3v) is 5.55. The molecule has 1 amide bonds. The van der Waals surface area contributed by atoms with E-state index < -0.39 is 0 Å². The van der Waals surface area contributed by atoms with Crippen LogP contribution >= 0.6 is 0 Å². The van der Waals surface area contributed by atoms with Gasteiger partial charge in [0.15, 0.2) is 17.3 Å².